The highest BCUT2D eigenvalue weighted by atomic mass is 32.1. The molecule has 1 N–H and O–H groups in total. The highest BCUT2D eigenvalue weighted by molar-refractivity contribution is 7.21. The van der Waals surface area contributed by atoms with Gasteiger partial charge in [-0.15, -0.1) is 11.3 Å². The first-order valence-corrected chi connectivity index (χ1v) is 9.41. The standard InChI is InChI=1S/C19H21NO5S/c1-24-19(23)18-14(13-6-2-3-7-15(13)26-18)11-25-17(22)10-12-5-4-8-20-16(21)9-12/h2-3,6-7,12H,4-5,8-11H2,1H3,(H,20,21). The molecule has 26 heavy (non-hydrogen) atoms. The normalized spacial score (nSPS) is 17.4. The molecular formula is C19H21NO5S. The number of hydrogen-bond donors (Lipinski definition) is 1. The summed E-state index contributed by atoms with van der Waals surface area (Å²) in [6, 6.07) is 7.59. The lowest BCUT2D eigenvalue weighted by Gasteiger charge is -2.12. The average Bonchev–Trinajstić information content (AvgIpc) is 2.88. The lowest BCUT2D eigenvalue weighted by Crippen LogP contribution is -2.23. The van der Waals surface area contributed by atoms with Crippen LogP contribution in [0, 0.1) is 5.92 Å². The van der Waals surface area contributed by atoms with E-state index in [9.17, 15) is 14.4 Å². The largest absolute Gasteiger partial charge is 0.465 e. The maximum Gasteiger partial charge on any atom is 0.348 e. The van der Waals surface area contributed by atoms with Crippen LogP contribution in [-0.4, -0.2) is 31.5 Å². The number of rotatable bonds is 5. The Hall–Kier alpha value is -2.41. The average molecular weight is 375 g/mol. The smallest absolute Gasteiger partial charge is 0.348 e. The number of carbonyl (C=O) groups excluding carboxylic acids is 3. The second-order valence-electron chi connectivity index (χ2n) is 6.32. The maximum absolute atomic E-state index is 12.2. The zero-order chi connectivity index (χ0) is 18.5. The Bertz CT molecular complexity index is 828. The van der Waals surface area contributed by atoms with Crippen molar-refractivity contribution in [3.63, 3.8) is 0 Å². The number of methoxy groups -OCH3 is 1. The van der Waals surface area contributed by atoms with Gasteiger partial charge in [-0.1, -0.05) is 18.2 Å². The molecule has 7 heteroatoms. The van der Waals surface area contributed by atoms with Crippen molar-refractivity contribution in [2.24, 2.45) is 5.92 Å². The van der Waals surface area contributed by atoms with Crippen LogP contribution in [-0.2, 0) is 25.7 Å². The van der Waals surface area contributed by atoms with Crippen molar-refractivity contribution >= 4 is 39.3 Å². The second kappa shape index (κ2) is 8.31. The Morgan fingerprint density at radius 1 is 1.31 bits per heavy atom. The number of carbonyl (C=O) groups is 3. The van der Waals surface area contributed by atoms with Crippen LogP contribution in [0.2, 0.25) is 0 Å². The monoisotopic (exact) mass is 375 g/mol. The van der Waals surface area contributed by atoms with Crippen LogP contribution in [0.4, 0.5) is 0 Å². The lowest BCUT2D eigenvalue weighted by atomic mass is 9.97. The highest BCUT2D eigenvalue weighted by Gasteiger charge is 2.23. The summed E-state index contributed by atoms with van der Waals surface area (Å²) in [6.07, 6.45) is 2.25. The summed E-state index contributed by atoms with van der Waals surface area (Å²) >= 11 is 1.33. The number of ether oxygens (including phenoxy) is 2. The van der Waals surface area contributed by atoms with Gasteiger partial charge in [0, 0.05) is 29.6 Å². The third-order valence-corrected chi connectivity index (χ3v) is 5.68. The predicted molar refractivity (Wildman–Crippen MR) is 97.9 cm³/mol. The predicted octanol–water partition coefficient (Wildman–Crippen LogP) is 3.04. The molecule has 0 bridgehead atoms. The van der Waals surface area contributed by atoms with Crippen LogP contribution >= 0.6 is 11.3 Å². The summed E-state index contributed by atoms with van der Waals surface area (Å²) in [5.74, 6) is -0.796. The van der Waals surface area contributed by atoms with Crippen molar-refractivity contribution in [2.75, 3.05) is 13.7 Å². The molecule has 0 radical (unpaired) electrons. The van der Waals surface area contributed by atoms with E-state index in [1.165, 1.54) is 18.4 Å². The molecule has 0 spiro atoms. The minimum absolute atomic E-state index is 0.00398. The summed E-state index contributed by atoms with van der Waals surface area (Å²) < 4.78 is 11.2. The maximum atomic E-state index is 12.2. The number of amides is 1. The molecule has 1 aromatic heterocycles. The van der Waals surface area contributed by atoms with Crippen LogP contribution in [0.1, 0.15) is 40.9 Å². The van der Waals surface area contributed by atoms with Crippen molar-refractivity contribution in [1.29, 1.82) is 0 Å². The zero-order valence-corrected chi connectivity index (χ0v) is 15.4. The quantitative estimate of drug-likeness (QED) is 0.813. The van der Waals surface area contributed by atoms with Crippen molar-refractivity contribution < 1.29 is 23.9 Å². The first kappa shape index (κ1) is 18.4. The Kier molecular flexibility index (Phi) is 5.88. The molecule has 2 heterocycles. The van der Waals surface area contributed by atoms with E-state index >= 15 is 0 Å². The summed E-state index contributed by atoms with van der Waals surface area (Å²) in [5, 5.41) is 3.70. The summed E-state index contributed by atoms with van der Waals surface area (Å²) in [7, 11) is 1.33. The Morgan fingerprint density at radius 3 is 2.92 bits per heavy atom. The number of fused-ring (bicyclic) bond motifs is 1. The molecule has 0 saturated carbocycles. The molecule has 1 atom stereocenters. The van der Waals surface area contributed by atoms with Gasteiger partial charge in [-0.3, -0.25) is 9.59 Å². The van der Waals surface area contributed by atoms with Gasteiger partial charge in [-0.05, 0) is 30.2 Å². The third-order valence-electron chi connectivity index (χ3n) is 4.49. The molecule has 1 amide bonds. The van der Waals surface area contributed by atoms with Gasteiger partial charge in [0.1, 0.15) is 11.5 Å². The molecule has 1 saturated heterocycles. The van der Waals surface area contributed by atoms with E-state index in [0.29, 0.717) is 23.4 Å². The van der Waals surface area contributed by atoms with E-state index < -0.39 is 5.97 Å². The fourth-order valence-electron chi connectivity index (χ4n) is 3.18. The van der Waals surface area contributed by atoms with Crippen molar-refractivity contribution in [3.8, 4) is 0 Å². The molecule has 2 aromatic rings. The number of hydrogen-bond acceptors (Lipinski definition) is 6. The van der Waals surface area contributed by atoms with Crippen molar-refractivity contribution in [1.82, 2.24) is 5.32 Å². The Balaban J connectivity index is 1.69. The van der Waals surface area contributed by atoms with Crippen LogP contribution in [0.15, 0.2) is 24.3 Å². The lowest BCUT2D eigenvalue weighted by molar-refractivity contribution is -0.146. The van der Waals surface area contributed by atoms with Crippen molar-refractivity contribution in [3.05, 3.63) is 34.7 Å². The Morgan fingerprint density at radius 2 is 2.12 bits per heavy atom. The Labute approximate surface area is 155 Å². The summed E-state index contributed by atoms with van der Waals surface area (Å²) in [6.45, 7) is 0.681. The molecule has 0 aliphatic carbocycles. The minimum Gasteiger partial charge on any atom is -0.465 e. The fraction of sp³-hybridized carbons (Fsp3) is 0.421. The minimum atomic E-state index is -0.433. The molecule has 1 aromatic carbocycles. The number of esters is 2. The van der Waals surface area contributed by atoms with Crippen LogP contribution in [0.25, 0.3) is 10.1 Å². The molecule has 138 valence electrons. The van der Waals surface area contributed by atoms with Gasteiger partial charge in [0.05, 0.1) is 7.11 Å². The van der Waals surface area contributed by atoms with Crippen molar-refractivity contribution in [2.45, 2.75) is 32.3 Å². The van der Waals surface area contributed by atoms with E-state index in [0.717, 1.165) is 22.9 Å². The summed E-state index contributed by atoms with van der Waals surface area (Å²) in [5.41, 5.74) is 0.671. The number of thiophene rings is 1. The van der Waals surface area contributed by atoms with Gasteiger partial charge in [-0.25, -0.2) is 4.79 Å². The van der Waals surface area contributed by atoms with Crippen LogP contribution < -0.4 is 5.32 Å². The van der Waals surface area contributed by atoms with Gasteiger partial charge < -0.3 is 14.8 Å². The van der Waals surface area contributed by atoms with Gasteiger partial charge in [0.25, 0.3) is 0 Å². The SMILES string of the molecule is COC(=O)c1sc2ccccc2c1COC(=O)CC1CCCNC(=O)C1. The first-order chi connectivity index (χ1) is 12.6. The molecule has 1 fully saturated rings. The number of benzene rings is 1. The molecular weight excluding hydrogens is 354 g/mol. The number of nitrogens with one attached hydrogen (secondary N) is 1. The van der Waals surface area contributed by atoms with E-state index in [1.54, 1.807) is 0 Å². The third kappa shape index (κ3) is 4.22. The van der Waals surface area contributed by atoms with Gasteiger partial charge >= 0.3 is 11.9 Å². The van der Waals surface area contributed by atoms with E-state index in [2.05, 4.69) is 5.32 Å². The van der Waals surface area contributed by atoms with Gasteiger partial charge in [-0.2, -0.15) is 0 Å². The van der Waals surface area contributed by atoms with Gasteiger partial charge in [0.2, 0.25) is 5.91 Å². The van der Waals surface area contributed by atoms with E-state index in [4.69, 9.17) is 9.47 Å². The topological polar surface area (TPSA) is 81.7 Å². The van der Waals surface area contributed by atoms with Gasteiger partial charge in [0.15, 0.2) is 0 Å². The zero-order valence-electron chi connectivity index (χ0n) is 14.6. The molecule has 3 rings (SSSR count). The fourth-order valence-corrected chi connectivity index (χ4v) is 4.30. The van der Waals surface area contributed by atoms with E-state index in [-0.39, 0.29) is 30.8 Å². The van der Waals surface area contributed by atoms with Crippen LogP contribution in [0.3, 0.4) is 0 Å². The molecule has 1 aliphatic rings. The molecule has 1 aliphatic heterocycles. The summed E-state index contributed by atoms with van der Waals surface area (Å²) in [4.78, 5) is 36.3. The second-order valence-corrected chi connectivity index (χ2v) is 7.38. The van der Waals surface area contributed by atoms with E-state index in [1.807, 2.05) is 24.3 Å². The molecule has 6 nitrogen and oxygen atoms in total. The molecule has 1 unspecified atom stereocenters. The highest BCUT2D eigenvalue weighted by Crippen LogP contribution is 2.32. The van der Waals surface area contributed by atoms with Crippen LogP contribution in [0.5, 0.6) is 0 Å². The first-order valence-electron chi connectivity index (χ1n) is 8.59.